The molecule has 1 aliphatic heterocycles. The number of carboxylic acid groups (broad SMARTS) is 1. The molecule has 0 saturated carbocycles. The second-order valence-corrected chi connectivity index (χ2v) is 6.38. The summed E-state index contributed by atoms with van der Waals surface area (Å²) in [4.78, 5) is 11.4. The van der Waals surface area contributed by atoms with Gasteiger partial charge in [0.2, 0.25) is 0 Å². The second kappa shape index (κ2) is 5.03. The van der Waals surface area contributed by atoms with Crippen LogP contribution in [0.4, 0.5) is 5.69 Å². The molecule has 2 rings (SSSR count). The number of aromatic carboxylic acids is 1. The van der Waals surface area contributed by atoms with Crippen molar-refractivity contribution >= 4 is 24.2 Å². The van der Waals surface area contributed by atoms with E-state index in [-0.39, 0.29) is 5.56 Å². The second-order valence-electron chi connectivity index (χ2n) is 6.38. The normalized spacial score (nSPS) is 19.6. The molecular formula is C15H22BNO4. The largest absolute Gasteiger partial charge is 0.495 e. The molecule has 1 saturated heterocycles. The van der Waals surface area contributed by atoms with Gasteiger partial charge in [-0.3, -0.25) is 0 Å². The Balaban J connectivity index is 2.50. The number of rotatable bonds is 3. The van der Waals surface area contributed by atoms with Crippen molar-refractivity contribution in [1.29, 1.82) is 0 Å². The van der Waals surface area contributed by atoms with Crippen LogP contribution in [0.2, 0.25) is 0 Å². The molecule has 1 aromatic rings. The summed E-state index contributed by atoms with van der Waals surface area (Å²) < 4.78 is 12.0. The zero-order valence-corrected chi connectivity index (χ0v) is 13.4. The number of hydrogen-bond donors (Lipinski definition) is 2. The smallest absolute Gasteiger partial charge is 0.478 e. The predicted octanol–water partition coefficient (Wildman–Crippen LogP) is 2.03. The van der Waals surface area contributed by atoms with E-state index in [1.54, 1.807) is 20.0 Å². The maximum absolute atomic E-state index is 11.4. The van der Waals surface area contributed by atoms with E-state index in [0.717, 1.165) is 11.2 Å². The van der Waals surface area contributed by atoms with Crippen LogP contribution in [-0.4, -0.2) is 36.4 Å². The summed E-state index contributed by atoms with van der Waals surface area (Å²) in [5.74, 6) is -0.956. The summed E-state index contributed by atoms with van der Waals surface area (Å²) in [5.41, 5.74) is 1.49. The van der Waals surface area contributed by atoms with E-state index in [1.165, 1.54) is 0 Å². The van der Waals surface area contributed by atoms with Gasteiger partial charge in [-0.15, -0.1) is 0 Å². The van der Waals surface area contributed by atoms with E-state index in [4.69, 9.17) is 9.31 Å². The van der Waals surface area contributed by atoms with Crippen molar-refractivity contribution in [2.75, 3.05) is 12.4 Å². The SMILES string of the molecule is CNc1cc(B2OC(C)(C)C(C)(C)O2)c(C)c(C(=O)O)c1. The molecule has 6 heteroatoms. The van der Waals surface area contributed by atoms with Crippen LogP contribution in [0.3, 0.4) is 0 Å². The van der Waals surface area contributed by atoms with Gasteiger partial charge in [0, 0.05) is 12.7 Å². The molecule has 0 spiro atoms. The maximum atomic E-state index is 11.4. The van der Waals surface area contributed by atoms with E-state index in [2.05, 4.69) is 5.32 Å². The van der Waals surface area contributed by atoms with Crippen LogP contribution in [0.25, 0.3) is 0 Å². The Hall–Kier alpha value is -1.53. The minimum atomic E-state index is -0.956. The number of anilines is 1. The highest BCUT2D eigenvalue weighted by molar-refractivity contribution is 6.63. The predicted molar refractivity (Wildman–Crippen MR) is 83.4 cm³/mol. The summed E-state index contributed by atoms with van der Waals surface area (Å²) in [6.45, 7) is 9.68. The summed E-state index contributed by atoms with van der Waals surface area (Å²) in [7, 11) is 1.19. The Bertz CT molecular complexity index is 567. The van der Waals surface area contributed by atoms with Gasteiger partial charge >= 0.3 is 13.1 Å². The molecule has 114 valence electrons. The van der Waals surface area contributed by atoms with Crippen molar-refractivity contribution in [3.05, 3.63) is 23.3 Å². The number of nitrogens with one attached hydrogen (secondary N) is 1. The fourth-order valence-electron chi connectivity index (χ4n) is 2.32. The Morgan fingerprint density at radius 1 is 1.19 bits per heavy atom. The zero-order chi connectivity index (χ0) is 16.0. The van der Waals surface area contributed by atoms with Crippen LogP contribution in [0.5, 0.6) is 0 Å². The molecular weight excluding hydrogens is 269 g/mol. The highest BCUT2D eigenvalue weighted by Gasteiger charge is 2.52. The highest BCUT2D eigenvalue weighted by atomic mass is 16.7. The molecule has 0 radical (unpaired) electrons. The molecule has 1 aromatic carbocycles. The third-order valence-electron chi connectivity index (χ3n) is 4.47. The molecule has 0 aromatic heterocycles. The van der Waals surface area contributed by atoms with Crippen molar-refractivity contribution in [2.24, 2.45) is 0 Å². The molecule has 0 aliphatic carbocycles. The van der Waals surface area contributed by atoms with Crippen LogP contribution in [0.15, 0.2) is 12.1 Å². The maximum Gasteiger partial charge on any atom is 0.495 e. The van der Waals surface area contributed by atoms with E-state index in [9.17, 15) is 9.90 Å². The van der Waals surface area contributed by atoms with E-state index in [1.807, 2.05) is 33.8 Å². The van der Waals surface area contributed by atoms with Gasteiger partial charge in [0.05, 0.1) is 16.8 Å². The van der Waals surface area contributed by atoms with Gasteiger partial charge in [-0.1, -0.05) is 0 Å². The van der Waals surface area contributed by atoms with Crippen molar-refractivity contribution in [2.45, 2.75) is 45.8 Å². The van der Waals surface area contributed by atoms with Crippen LogP contribution >= 0.6 is 0 Å². The fourth-order valence-corrected chi connectivity index (χ4v) is 2.32. The van der Waals surface area contributed by atoms with Gasteiger partial charge in [-0.05, 0) is 57.8 Å². The molecule has 1 aliphatic rings. The minimum absolute atomic E-state index is 0.256. The van der Waals surface area contributed by atoms with Crippen molar-refractivity contribution < 1.29 is 19.2 Å². The van der Waals surface area contributed by atoms with Crippen molar-refractivity contribution in [3.8, 4) is 0 Å². The van der Waals surface area contributed by atoms with Crippen molar-refractivity contribution in [3.63, 3.8) is 0 Å². The number of hydrogen-bond acceptors (Lipinski definition) is 4. The minimum Gasteiger partial charge on any atom is -0.478 e. The quantitative estimate of drug-likeness (QED) is 0.834. The Kier molecular flexibility index (Phi) is 3.80. The number of benzene rings is 1. The van der Waals surface area contributed by atoms with Crippen LogP contribution in [-0.2, 0) is 9.31 Å². The van der Waals surface area contributed by atoms with Crippen LogP contribution in [0.1, 0.15) is 43.6 Å². The number of carbonyl (C=O) groups is 1. The summed E-state index contributed by atoms with van der Waals surface area (Å²) >= 11 is 0. The van der Waals surface area contributed by atoms with E-state index >= 15 is 0 Å². The fraction of sp³-hybridized carbons (Fsp3) is 0.533. The molecule has 0 unspecified atom stereocenters. The first-order valence-electron chi connectivity index (χ1n) is 7.00. The Morgan fingerprint density at radius 2 is 1.71 bits per heavy atom. The first-order valence-corrected chi connectivity index (χ1v) is 7.00. The Morgan fingerprint density at radius 3 is 2.14 bits per heavy atom. The molecule has 5 nitrogen and oxygen atoms in total. The summed E-state index contributed by atoms with van der Waals surface area (Å²) in [5, 5.41) is 12.3. The van der Waals surface area contributed by atoms with Gasteiger partial charge in [0.25, 0.3) is 0 Å². The van der Waals surface area contributed by atoms with Crippen LogP contribution < -0.4 is 10.8 Å². The number of carboxylic acids is 1. The summed E-state index contributed by atoms with van der Waals surface area (Å²) in [6, 6.07) is 3.50. The van der Waals surface area contributed by atoms with Gasteiger partial charge in [-0.25, -0.2) is 4.79 Å². The lowest BCUT2D eigenvalue weighted by molar-refractivity contribution is 0.00578. The van der Waals surface area contributed by atoms with Gasteiger partial charge in [-0.2, -0.15) is 0 Å². The van der Waals surface area contributed by atoms with Gasteiger partial charge in [0.15, 0.2) is 0 Å². The molecule has 0 atom stereocenters. The van der Waals surface area contributed by atoms with E-state index in [0.29, 0.717) is 5.56 Å². The molecule has 21 heavy (non-hydrogen) atoms. The third kappa shape index (κ3) is 2.65. The average Bonchev–Trinajstić information content (AvgIpc) is 2.58. The standard InChI is InChI=1S/C15H22BNO4/c1-9-11(13(18)19)7-10(17-6)8-12(9)16-20-14(2,3)15(4,5)21-16/h7-8,17H,1-6H3,(H,18,19). The lowest BCUT2D eigenvalue weighted by Crippen LogP contribution is -2.41. The molecule has 0 bridgehead atoms. The van der Waals surface area contributed by atoms with Crippen molar-refractivity contribution in [1.82, 2.24) is 0 Å². The Labute approximate surface area is 125 Å². The van der Waals surface area contributed by atoms with Gasteiger partial charge < -0.3 is 19.7 Å². The summed E-state index contributed by atoms with van der Waals surface area (Å²) in [6.07, 6.45) is 0. The monoisotopic (exact) mass is 291 g/mol. The molecule has 0 amide bonds. The lowest BCUT2D eigenvalue weighted by Gasteiger charge is -2.32. The van der Waals surface area contributed by atoms with Gasteiger partial charge in [0.1, 0.15) is 0 Å². The molecule has 2 N–H and O–H groups in total. The molecule has 1 heterocycles. The zero-order valence-electron chi connectivity index (χ0n) is 13.4. The lowest BCUT2D eigenvalue weighted by atomic mass is 9.74. The topological polar surface area (TPSA) is 67.8 Å². The first kappa shape index (κ1) is 15.9. The third-order valence-corrected chi connectivity index (χ3v) is 4.47. The van der Waals surface area contributed by atoms with E-state index < -0.39 is 24.3 Å². The van der Waals surface area contributed by atoms with Crippen LogP contribution in [0, 0.1) is 6.92 Å². The first-order chi connectivity index (χ1) is 9.59. The average molecular weight is 291 g/mol. The molecule has 1 fully saturated rings. The highest BCUT2D eigenvalue weighted by Crippen LogP contribution is 2.37.